The Hall–Kier alpha value is -1.53. The Morgan fingerprint density at radius 2 is 2.24 bits per heavy atom. The predicted molar refractivity (Wildman–Crippen MR) is 80.0 cm³/mol. The van der Waals surface area contributed by atoms with Gasteiger partial charge >= 0.3 is 0 Å². The second-order valence-electron chi connectivity index (χ2n) is 5.32. The smallest absolute Gasteiger partial charge is 0.252 e. The average molecular weight is 292 g/mol. The van der Waals surface area contributed by atoms with Gasteiger partial charge in [0.15, 0.2) is 0 Å². The van der Waals surface area contributed by atoms with Crippen LogP contribution in [0.25, 0.3) is 0 Å². The molecular weight excluding hydrogens is 268 g/mol. The number of nitrogens with zero attached hydrogens (tertiary/aromatic N) is 3. The van der Waals surface area contributed by atoms with E-state index in [2.05, 4.69) is 20.4 Å². The van der Waals surface area contributed by atoms with Crippen molar-refractivity contribution in [1.29, 1.82) is 0 Å². The number of ether oxygens (including phenoxy) is 1. The molecule has 0 aliphatic carbocycles. The maximum absolute atomic E-state index is 11.9. The van der Waals surface area contributed by atoms with Gasteiger partial charge in [0.1, 0.15) is 0 Å². The highest BCUT2D eigenvalue weighted by molar-refractivity contribution is 5.93. The normalized spacial score (nSPS) is 16.8. The van der Waals surface area contributed by atoms with Crippen LogP contribution >= 0.6 is 0 Å². The maximum atomic E-state index is 11.9. The first-order chi connectivity index (χ1) is 10.3. The highest BCUT2D eigenvalue weighted by Gasteiger charge is 2.19. The number of carbonyl (C=O) groups is 1. The first kappa shape index (κ1) is 15.9. The van der Waals surface area contributed by atoms with E-state index < -0.39 is 0 Å². The zero-order chi connectivity index (χ0) is 14.9. The van der Waals surface area contributed by atoms with E-state index in [1.54, 1.807) is 6.07 Å². The van der Waals surface area contributed by atoms with Gasteiger partial charge in [0.05, 0.1) is 24.6 Å². The van der Waals surface area contributed by atoms with Gasteiger partial charge in [-0.3, -0.25) is 4.79 Å². The van der Waals surface area contributed by atoms with Crippen LogP contribution in [0, 0.1) is 5.92 Å². The lowest BCUT2D eigenvalue weighted by Crippen LogP contribution is -2.40. The van der Waals surface area contributed by atoms with Crippen molar-refractivity contribution in [2.45, 2.75) is 19.8 Å². The molecule has 1 aliphatic heterocycles. The summed E-state index contributed by atoms with van der Waals surface area (Å²) in [5.74, 6) is 0.496. The summed E-state index contributed by atoms with van der Waals surface area (Å²) in [5, 5.41) is 10.4. The van der Waals surface area contributed by atoms with Crippen molar-refractivity contribution in [2.24, 2.45) is 5.92 Å². The minimum Gasteiger partial charge on any atom is -0.380 e. The van der Waals surface area contributed by atoms with Crippen molar-refractivity contribution in [2.75, 3.05) is 39.4 Å². The molecule has 0 spiro atoms. The Morgan fingerprint density at radius 3 is 2.90 bits per heavy atom. The van der Waals surface area contributed by atoms with E-state index in [9.17, 15) is 4.79 Å². The minimum absolute atomic E-state index is 0.0660. The van der Waals surface area contributed by atoms with Crippen molar-refractivity contribution in [3.63, 3.8) is 0 Å². The number of nitrogens with one attached hydrogen (secondary N) is 1. The quantitative estimate of drug-likeness (QED) is 0.758. The zero-order valence-electron chi connectivity index (χ0n) is 12.6. The van der Waals surface area contributed by atoms with Gasteiger partial charge in [-0.05, 0) is 44.8 Å². The fourth-order valence-corrected chi connectivity index (χ4v) is 2.52. The molecule has 0 radical (unpaired) electrons. The number of amides is 1. The molecule has 1 aromatic heterocycles. The van der Waals surface area contributed by atoms with Crippen LogP contribution in [0.15, 0.2) is 18.5 Å². The number of rotatable bonds is 7. The Labute approximate surface area is 125 Å². The Morgan fingerprint density at radius 1 is 1.43 bits per heavy atom. The molecule has 1 aromatic rings. The molecular formula is C15H24N4O2. The lowest BCUT2D eigenvalue weighted by Gasteiger charge is -2.31. The largest absolute Gasteiger partial charge is 0.380 e. The maximum Gasteiger partial charge on any atom is 0.252 e. The molecule has 1 N–H and O–H groups in total. The molecule has 6 heteroatoms. The predicted octanol–water partition coefficient (Wildman–Crippen LogP) is 0.955. The lowest BCUT2D eigenvalue weighted by molar-refractivity contribution is 0.0892. The van der Waals surface area contributed by atoms with E-state index in [4.69, 9.17) is 4.74 Å². The van der Waals surface area contributed by atoms with Crippen molar-refractivity contribution in [1.82, 2.24) is 20.4 Å². The second-order valence-corrected chi connectivity index (χ2v) is 5.32. The van der Waals surface area contributed by atoms with E-state index in [-0.39, 0.29) is 5.91 Å². The molecule has 2 rings (SSSR count). The van der Waals surface area contributed by atoms with Crippen LogP contribution in [0.2, 0.25) is 0 Å². The van der Waals surface area contributed by atoms with Gasteiger partial charge in [-0.15, -0.1) is 0 Å². The van der Waals surface area contributed by atoms with Gasteiger partial charge in [0, 0.05) is 19.7 Å². The number of aromatic nitrogens is 2. The topological polar surface area (TPSA) is 67.3 Å². The number of likely N-dealkylation sites (tertiary alicyclic amines) is 1. The third kappa shape index (κ3) is 5.40. The summed E-state index contributed by atoms with van der Waals surface area (Å²) in [5.41, 5.74) is 0.569. The average Bonchev–Trinajstić information content (AvgIpc) is 2.55. The number of piperidine rings is 1. The van der Waals surface area contributed by atoms with Crippen LogP contribution in [-0.2, 0) is 4.74 Å². The Kier molecular flexibility index (Phi) is 6.56. The Bertz CT molecular complexity index is 419. The molecule has 0 aromatic carbocycles. The van der Waals surface area contributed by atoms with Crippen molar-refractivity contribution < 1.29 is 9.53 Å². The van der Waals surface area contributed by atoms with Gasteiger partial charge < -0.3 is 15.0 Å². The van der Waals surface area contributed by atoms with Gasteiger partial charge in [0.25, 0.3) is 5.91 Å². The molecule has 1 saturated heterocycles. The first-order valence-electron chi connectivity index (χ1n) is 7.64. The third-order valence-electron chi connectivity index (χ3n) is 3.86. The first-order valence-corrected chi connectivity index (χ1v) is 7.64. The summed E-state index contributed by atoms with van der Waals surface area (Å²) in [6.07, 6.45) is 5.28. The number of hydrogen-bond acceptors (Lipinski definition) is 5. The van der Waals surface area contributed by atoms with Crippen LogP contribution in [0.5, 0.6) is 0 Å². The van der Waals surface area contributed by atoms with E-state index in [0.29, 0.717) is 11.5 Å². The van der Waals surface area contributed by atoms with Gasteiger partial charge in [-0.2, -0.15) is 10.2 Å². The molecule has 1 aliphatic rings. The highest BCUT2D eigenvalue weighted by Crippen LogP contribution is 2.16. The molecule has 0 unspecified atom stereocenters. The van der Waals surface area contributed by atoms with Crippen molar-refractivity contribution >= 4 is 5.91 Å². The molecule has 0 bridgehead atoms. The summed E-state index contributed by atoms with van der Waals surface area (Å²) >= 11 is 0. The minimum atomic E-state index is -0.0660. The summed E-state index contributed by atoms with van der Waals surface area (Å²) < 4.78 is 5.38. The fourth-order valence-electron chi connectivity index (χ4n) is 2.52. The van der Waals surface area contributed by atoms with Crippen LogP contribution in [0.3, 0.4) is 0 Å². The van der Waals surface area contributed by atoms with Crippen LogP contribution in [0.1, 0.15) is 30.1 Å². The van der Waals surface area contributed by atoms with E-state index in [1.165, 1.54) is 12.4 Å². The van der Waals surface area contributed by atoms with Crippen molar-refractivity contribution in [3.05, 3.63) is 24.0 Å². The lowest BCUT2D eigenvalue weighted by atomic mass is 9.97. The van der Waals surface area contributed by atoms with Crippen molar-refractivity contribution in [3.8, 4) is 0 Å². The van der Waals surface area contributed by atoms with Gasteiger partial charge in [-0.25, -0.2) is 0 Å². The highest BCUT2D eigenvalue weighted by atomic mass is 16.5. The van der Waals surface area contributed by atoms with Crippen LogP contribution in [-0.4, -0.2) is 60.4 Å². The molecule has 0 saturated carbocycles. The zero-order valence-corrected chi connectivity index (χ0v) is 12.6. The Balaban J connectivity index is 1.64. The summed E-state index contributed by atoms with van der Waals surface area (Å²) in [7, 11) is 0. The molecule has 1 fully saturated rings. The standard InChI is InChI=1S/C15H24N4O2/c1-2-21-10-9-19-7-4-13(5-8-19)11-16-15(20)14-3-6-17-18-12-14/h3,6,12-13H,2,4-5,7-11H2,1H3,(H,16,20). The van der Waals surface area contributed by atoms with E-state index >= 15 is 0 Å². The number of carbonyl (C=O) groups excluding carboxylic acids is 1. The molecule has 1 amide bonds. The summed E-state index contributed by atoms with van der Waals surface area (Å²) in [6, 6.07) is 1.68. The van der Waals surface area contributed by atoms with Gasteiger partial charge in [-0.1, -0.05) is 0 Å². The molecule has 0 atom stereocenters. The fraction of sp³-hybridized carbons (Fsp3) is 0.667. The number of hydrogen-bond donors (Lipinski definition) is 1. The second kappa shape index (κ2) is 8.69. The molecule has 6 nitrogen and oxygen atoms in total. The summed E-state index contributed by atoms with van der Waals surface area (Å²) in [4.78, 5) is 14.4. The van der Waals surface area contributed by atoms with Crippen LogP contribution in [0.4, 0.5) is 0 Å². The molecule has 2 heterocycles. The molecule has 116 valence electrons. The SMILES string of the molecule is CCOCCN1CCC(CNC(=O)c2ccnnc2)CC1. The monoisotopic (exact) mass is 292 g/mol. The van der Waals surface area contributed by atoms with E-state index in [1.807, 2.05) is 6.92 Å². The summed E-state index contributed by atoms with van der Waals surface area (Å²) in [6.45, 7) is 7.54. The van der Waals surface area contributed by atoms with Crippen LogP contribution < -0.4 is 5.32 Å². The van der Waals surface area contributed by atoms with Gasteiger partial charge in [0.2, 0.25) is 0 Å². The molecule has 21 heavy (non-hydrogen) atoms. The third-order valence-corrected chi connectivity index (χ3v) is 3.86. The van der Waals surface area contributed by atoms with E-state index in [0.717, 1.165) is 52.2 Å².